The first-order valence-electron chi connectivity index (χ1n) is 7.61. The molecule has 0 bridgehead atoms. The highest BCUT2D eigenvalue weighted by molar-refractivity contribution is 5.94. The molecule has 3 nitrogen and oxygen atoms in total. The number of phenolic OH excluding ortho intramolecular Hbond substituents is 1. The van der Waals surface area contributed by atoms with Gasteiger partial charge < -0.3 is 9.84 Å². The second-order valence-electron chi connectivity index (χ2n) is 5.63. The Labute approximate surface area is 132 Å². The molecule has 126 valence electrons. The molecule has 0 aliphatic heterocycles. The second-order valence-corrected chi connectivity index (χ2v) is 5.63. The monoisotopic (exact) mass is 328 g/mol. The second kappa shape index (κ2) is 7.06. The zero-order valence-electron chi connectivity index (χ0n) is 12.8. The maximum Gasteiger partial charge on any atom is 0.425 e. The number of esters is 1. The van der Waals surface area contributed by atoms with Crippen molar-refractivity contribution < 1.29 is 27.8 Å². The summed E-state index contributed by atoms with van der Waals surface area (Å²) in [7, 11) is 0. The topological polar surface area (TPSA) is 46.5 Å². The van der Waals surface area contributed by atoms with Crippen LogP contribution in [0, 0.1) is 0 Å². The van der Waals surface area contributed by atoms with E-state index in [1.165, 1.54) is 12.1 Å². The summed E-state index contributed by atoms with van der Waals surface area (Å²) in [6.07, 6.45) is -3.56. The minimum Gasteiger partial charge on any atom is -0.508 e. The van der Waals surface area contributed by atoms with Crippen molar-refractivity contribution in [1.82, 2.24) is 0 Å². The number of ether oxygens (including phenoxy) is 1. The fraction of sp³-hybridized carbons (Fsp3) is 0.471. The molecule has 2 rings (SSSR count). The third-order valence-electron chi connectivity index (χ3n) is 3.82. The minimum atomic E-state index is -4.55. The number of unbranched alkanes of at least 4 members (excludes halogenated alkanes) is 1. The van der Waals surface area contributed by atoms with Crippen LogP contribution in [0.2, 0.25) is 0 Å². The van der Waals surface area contributed by atoms with Crippen LogP contribution in [0.15, 0.2) is 23.8 Å². The predicted octanol–water partition coefficient (Wildman–Crippen LogP) is 4.39. The van der Waals surface area contributed by atoms with Gasteiger partial charge in [-0.1, -0.05) is 19.4 Å². The number of carbonyl (C=O) groups is 1. The van der Waals surface area contributed by atoms with Crippen molar-refractivity contribution in [3.05, 3.63) is 34.9 Å². The Balaban J connectivity index is 2.12. The molecule has 0 heterocycles. The van der Waals surface area contributed by atoms with Crippen molar-refractivity contribution in [3.8, 4) is 5.75 Å². The van der Waals surface area contributed by atoms with Crippen molar-refractivity contribution in [2.45, 2.75) is 51.3 Å². The zero-order valence-corrected chi connectivity index (χ0v) is 12.8. The Morgan fingerprint density at radius 3 is 2.74 bits per heavy atom. The molecule has 0 saturated heterocycles. The number of rotatable bonds is 5. The van der Waals surface area contributed by atoms with E-state index in [1.54, 1.807) is 19.1 Å². The van der Waals surface area contributed by atoms with Gasteiger partial charge in [0.2, 0.25) is 0 Å². The normalized spacial score (nSPS) is 15.6. The van der Waals surface area contributed by atoms with Crippen LogP contribution in [0.1, 0.15) is 43.7 Å². The third-order valence-corrected chi connectivity index (χ3v) is 3.82. The molecule has 0 aromatic heterocycles. The summed E-state index contributed by atoms with van der Waals surface area (Å²) in [5, 5.41) is 9.42. The van der Waals surface area contributed by atoms with Crippen LogP contribution < -0.4 is 0 Å². The number of aryl methyl sites for hydroxylation is 1. The summed E-state index contributed by atoms with van der Waals surface area (Å²) in [5.41, 5.74) is 1.81. The first kappa shape index (κ1) is 17.4. The van der Waals surface area contributed by atoms with E-state index in [4.69, 9.17) is 4.74 Å². The summed E-state index contributed by atoms with van der Waals surface area (Å²) >= 11 is 0. The number of alkyl halides is 3. The molecule has 0 spiro atoms. The lowest BCUT2D eigenvalue weighted by Gasteiger charge is -2.22. The maximum atomic E-state index is 12.9. The average Bonchev–Trinajstić information content (AvgIpc) is 2.49. The van der Waals surface area contributed by atoms with Gasteiger partial charge in [-0.3, -0.25) is 0 Å². The smallest absolute Gasteiger partial charge is 0.425 e. The Bertz CT molecular complexity index is 606. The highest BCUT2D eigenvalue weighted by Crippen LogP contribution is 2.31. The van der Waals surface area contributed by atoms with E-state index in [-0.39, 0.29) is 17.7 Å². The molecule has 0 amide bonds. The van der Waals surface area contributed by atoms with Gasteiger partial charge in [-0.2, -0.15) is 13.2 Å². The van der Waals surface area contributed by atoms with Crippen molar-refractivity contribution in [2.75, 3.05) is 0 Å². The van der Waals surface area contributed by atoms with Crippen molar-refractivity contribution >= 4 is 12.0 Å². The van der Waals surface area contributed by atoms with E-state index in [0.29, 0.717) is 25.7 Å². The lowest BCUT2D eigenvalue weighted by atomic mass is 9.92. The Hall–Kier alpha value is -1.98. The maximum absolute atomic E-state index is 12.9. The van der Waals surface area contributed by atoms with Gasteiger partial charge >= 0.3 is 12.1 Å². The highest BCUT2D eigenvalue weighted by Gasteiger charge is 2.42. The number of hydrogen-bond acceptors (Lipinski definition) is 3. The van der Waals surface area contributed by atoms with E-state index in [1.807, 2.05) is 0 Å². The molecule has 1 N–H and O–H groups in total. The first-order chi connectivity index (χ1) is 10.8. The number of aromatic hydroxyl groups is 1. The van der Waals surface area contributed by atoms with Gasteiger partial charge in [-0.15, -0.1) is 0 Å². The first-order valence-corrected chi connectivity index (χ1v) is 7.61. The van der Waals surface area contributed by atoms with Gasteiger partial charge in [-0.25, -0.2) is 4.79 Å². The molecule has 6 heteroatoms. The summed E-state index contributed by atoms with van der Waals surface area (Å²) in [4.78, 5) is 12.1. The summed E-state index contributed by atoms with van der Waals surface area (Å²) in [6, 6.07) is 4.70. The molecule has 1 aromatic rings. The molecular formula is C17H19F3O3. The van der Waals surface area contributed by atoms with E-state index in [9.17, 15) is 23.1 Å². The van der Waals surface area contributed by atoms with Gasteiger partial charge in [0.05, 0.1) is 0 Å². The lowest BCUT2D eigenvalue weighted by molar-refractivity contribution is -0.220. The van der Waals surface area contributed by atoms with E-state index < -0.39 is 18.2 Å². The van der Waals surface area contributed by atoms with Crippen molar-refractivity contribution in [3.63, 3.8) is 0 Å². The van der Waals surface area contributed by atoms with E-state index >= 15 is 0 Å². The zero-order chi connectivity index (χ0) is 17.0. The van der Waals surface area contributed by atoms with Gasteiger partial charge in [0, 0.05) is 5.57 Å². The molecule has 1 aromatic carbocycles. The van der Waals surface area contributed by atoms with E-state index in [2.05, 4.69) is 0 Å². The molecule has 0 fully saturated rings. The molecule has 0 radical (unpaired) electrons. The Kier molecular flexibility index (Phi) is 5.34. The molecule has 0 saturated carbocycles. The van der Waals surface area contributed by atoms with Crippen molar-refractivity contribution in [1.29, 1.82) is 0 Å². The summed E-state index contributed by atoms with van der Waals surface area (Å²) in [6.45, 7) is 1.78. The molecular weight excluding hydrogens is 309 g/mol. The van der Waals surface area contributed by atoms with Crippen LogP contribution in [0.25, 0.3) is 6.08 Å². The van der Waals surface area contributed by atoms with Gasteiger partial charge in [0.1, 0.15) is 5.75 Å². The number of hydrogen-bond donors (Lipinski definition) is 1. The number of halogens is 3. The molecule has 0 unspecified atom stereocenters. The fourth-order valence-corrected chi connectivity index (χ4v) is 2.52. The standard InChI is InChI=1S/C17H19F3O3/c1-2-3-4-15(17(18,19)20)23-16(22)13-6-5-12-10-14(21)8-7-11(12)9-13/h7-10,15,21H,2-6H2,1H3/t15-/m1/s1. The van der Waals surface area contributed by atoms with Gasteiger partial charge in [-0.05, 0) is 55.0 Å². The van der Waals surface area contributed by atoms with Crippen LogP contribution in [0.3, 0.4) is 0 Å². The summed E-state index contributed by atoms with van der Waals surface area (Å²) in [5.74, 6) is -0.790. The third kappa shape index (κ3) is 4.50. The number of fused-ring (bicyclic) bond motifs is 1. The summed E-state index contributed by atoms with van der Waals surface area (Å²) < 4.78 is 43.5. The molecule has 23 heavy (non-hydrogen) atoms. The van der Waals surface area contributed by atoms with Crippen LogP contribution in [0.5, 0.6) is 5.75 Å². The van der Waals surface area contributed by atoms with Gasteiger partial charge in [0.15, 0.2) is 6.10 Å². The largest absolute Gasteiger partial charge is 0.508 e. The highest BCUT2D eigenvalue weighted by atomic mass is 19.4. The number of carbonyl (C=O) groups excluding carboxylic acids is 1. The molecule has 1 aliphatic carbocycles. The minimum absolute atomic E-state index is 0.125. The number of phenols is 1. The predicted molar refractivity (Wildman–Crippen MR) is 79.9 cm³/mol. The van der Waals surface area contributed by atoms with Gasteiger partial charge in [0.25, 0.3) is 0 Å². The number of benzene rings is 1. The van der Waals surface area contributed by atoms with Crippen molar-refractivity contribution in [2.24, 2.45) is 0 Å². The quantitative estimate of drug-likeness (QED) is 0.816. The fourth-order valence-electron chi connectivity index (χ4n) is 2.52. The van der Waals surface area contributed by atoms with E-state index in [0.717, 1.165) is 11.1 Å². The van der Waals surface area contributed by atoms with Crippen LogP contribution in [-0.4, -0.2) is 23.4 Å². The Morgan fingerprint density at radius 1 is 1.35 bits per heavy atom. The van der Waals surface area contributed by atoms with Crippen LogP contribution in [0.4, 0.5) is 13.2 Å². The van der Waals surface area contributed by atoms with Crippen LogP contribution >= 0.6 is 0 Å². The lowest BCUT2D eigenvalue weighted by Crippen LogP contribution is -2.34. The average molecular weight is 328 g/mol. The Morgan fingerprint density at radius 2 is 2.09 bits per heavy atom. The molecule has 1 atom stereocenters. The molecule has 1 aliphatic rings. The van der Waals surface area contributed by atoms with Crippen LogP contribution in [-0.2, 0) is 16.0 Å². The SMILES string of the molecule is CCCC[C@@H](OC(=O)C1=Cc2ccc(O)cc2CC1)C(F)(F)F.